The number of anilines is 1. The average molecular weight is 274 g/mol. The SMILES string of the molecule is O=C(Nc1cc2c(cc1Cl)OCCO2)OCCO. The molecule has 0 saturated heterocycles. The number of carbonyl (C=O) groups is 1. The normalized spacial score (nSPS) is 13.0. The van der Waals surface area contributed by atoms with Crippen LogP contribution in [0, 0.1) is 0 Å². The molecule has 0 unspecified atom stereocenters. The molecule has 2 rings (SSSR count). The molecule has 0 aromatic heterocycles. The lowest BCUT2D eigenvalue weighted by molar-refractivity contribution is 0.131. The average Bonchev–Trinajstić information content (AvgIpc) is 2.37. The van der Waals surface area contributed by atoms with Crippen molar-refractivity contribution in [3.63, 3.8) is 0 Å². The molecule has 6 nitrogen and oxygen atoms in total. The molecule has 0 bridgehead atoms. The van der Waals surface area contributed by atoms with Gasteiger partial charge in [-0.15, -0.1) is 0 Å². The third-order valence-electron chi connectivity index (χ3n) is 2.19. The number of aliphatic hydroxyl groups excluding tert-OH is 1. The van der Waals surface area contributed by atoms with Crippen LogP contribution >= 0.6 is 11.6 Å². The molecule has 0 aliphatic carbocycles. The van der Waals surface area contributed by atoms with E-state index in [9.17, 15) is 4.79 Å². The first-order chi connectivity index (χ1) is 8.70. The monoisotopic (exact) mass is 273 g/mol. The van der Waals surface area contributed by atoms with Gasteiger partial charge in [-0.25, -0.2) is 4.79 Å². The summed E-state index contributed by atoms with van der Waals surface area (Å²) in [4.78, 5) is 11.3. The first kappa shape index (κ1) is 12.8. The van der Waals surface area contributed by atoms with E-state index in [1.807, 2.05) is 0 Å². The first-order valence-corrected chi connectivity index (χ1v) is 5.72. The van der Waals surface area contributed by atoms with Crippen molar-refractivity contribution in [1.82, 2.24) is 0 Å². The van der Waals surface area contributed by atoms with Crippen LogP contribution in [0.5, 0.6) is 11.5 Å². The van der Waals surface area contributed by atoms with Gasteiger partial charge in [-0.1, -0.05) is 11.6 Å². The third-order valence-corrected chi connectivity index (χ3v) is 2.51. The molecule has 0 atom stereocenters. The fourth-order valence-corrected chi connectivity index (χ4v) is 1.65. The van der Waals surface area contributed by atoms with Crippen molar-refractivity contribution < 1.29 is 24.1 Å². The van der Waals surface area contributed by atoms with Crippen molar-refractivity contribution in [1.29, 1.82) is 0 Å². The lowest BCUT2D eigenvalue weighted by Gasteiger charge is -2.19. The molecular weight excluding hydrogens is 262 g/mol. The second-order valence-corrected chi connectivity index (χ2v) is 3.87. The molecule has 0 spiro atoms. The van der Waals surface area contributed by atoms with Gasteiger partial charge in [0.2, 0.25) is 0 Å². The summed E-state index contributed by atoms with van der Waals surface area (Å²) in [5.74, 6) is 1.06. The number of amides is 1. The Balaban J connectivity index is 2.10. The Morgan fingerprint density at radius 2 is 2.06 bits per heavy atom. The molecule has 1 amide bonds. The smallest absolute Gasteiger partial charge is 0.411 e. The summed E-state index contributed by atoms with van der Waals surface area (Å²) in [7, 11) is 0. The second-order valence-electron chi connectivity index (χ2n) is 3.46. The highest BCUT2D eigenvalue weighted by molar-refractivity contribution is 6.33. The molecule has 1 aliphatic rings. The molecule has 0 fully saturated rings. The zero-order valence-electron chi connectivity index (χ0n) is 9.44. The van der Waals surface area contributed by atoms with E-state index in [0.29, 0.717) is 35.4 Å². The van der Waals surface area contributed by atoms with E-state index in [1.165, 1.54) is 0 Å². The summed E-state index contributed by atoms with van der Waals surface area (Å²) >= 11 is 5.98. The van der Waals surface area contributed by atoms with Crippen LogP contribution in [0.25, 0.3) is 0 Å². The lowest BCUT2D eigenvalue weighted by atomic mass is 10.2. The maximum absolute atomic E-state index is 11.3. The number of aliphatic hydroxyl groups is 1. The van der Waals surface area contributed by atoms with Crippen LogP contribution in [0.1, 0.15) is 0 Å². The number of ether oxygens (including phenoxy) is 3. The lowest BCUT2D eigenvalue weighted by Crippen LogP contribution is -2.18. The van der Waals surface area contributed by atoms with Gasteiger partial charge in [-0.2, -0.15) is 0 Å². The zero-order chi connectivity index (χ0) is 13.0. The highest BCUT2D eigenvalue weighted by Gasteiger charge is 2.16. The Hall–Kier alpha value is -1.66. The molecule has 2 N–H and O–H groups in total. The van der Waals surface area contributed by atoms with Gasteiger partial charge < -0.3 is 19.3 Å². The van der Waals surface area contributed by atoms with Gasteiger partial charge in [0.1, 0.15) is 19.8 Å². The summed E-state index contributed by atoms with van der Waals surface area (Å²) in [6.07, 6.45) is -0.692. The third kappa shape index (κ3) is 2.96. The van der Waals surface area contributed by atoms with Gasteiger partial charge in [-0.3, -0.25) is 5.32 Å². The van der Waals surface area contributed by atoms with Gasteiger partial charge in [0.05, 0.1) is 17.3 Å². The molecule has 7 heteroatoms. The number of halogens is 1. The minimum atomic E-state index is -0.692. The van der Waals surface area contributed by atoms with E-state index in [4.69, 9.17) is 26.2 Å². The molecule has 1 heterocycles. The van der Waals surface area contributed by atoms with E-state index < -0.39 is 6.09 Å². The summed E-state index contributed by atoms with van der Waals surface area (Å²) < 4.78 is 15.4. The molecule has 0 radical (unpaired) electrons. The Morgan fingerprint density at radius 3 is 2.72 bits per heavy atom. The van der Waals surface area contributed by atoms with Gasteiger partial charge in [0, 0.05) is 12.1 Å². The van der Waals surface area contributed by atoms with Crippen LogP contribution in [0.2, 0.25) is 5.02 Å². The number of hydrogen-bond donors (Lipinski definition) is 2. The highest BCUT2D eigenvalue weighted by atomic mass is 35.5. The minimum absolute atomic E-state index is 0.0754. The van der Waals surface area contributed by atoms with E-state index in [1.54, 1.807) is 12.1 Å². The molecule has 1 aromatic carbocycles. The van der Waals surface area contributed by atoms with Crippen LogP contribution < -0.4 is 14.8 Å². The number of hydrogen-bond acceptors (Lipinski definition) is 5. The van der Waals surface area contributed by atoms with E-state index in [2.05, 4.69) is 10.1 Å². The number of benzene rings is 1. The summed E-state index contributed by atoms with van der Waals surface area (Å²) in [6, 6.07) is 3.13. The Kier molecular flexibility index (Phi) is 4.11. The van der Waals surface area contributed by atoms with Crippen LogP contribution in [0.15, 0.2) is 12.1 Å². The Bertz CT molecular complexity index is 451. The largest absolute Gasteiger partial charge is 0.486 e. The summed E-state index contributed by atoms with van der Waals surface area (Å²) in [5, 5.41) is 11.3. The maximum atomic E-state index is 11.3. The number of rotatable bonds is 3. The Labute approximate surface area is 108 Å². The van der Waals surface area contributed by atoms with Crippen molar-refractivity contribution >= 4 is 23.4 Å². The standard InChI is InChI=1S/C11H12ClNO5/c12-7-5-9-10(17-4-3-16-9)6-8(7)13-11(15)18-2-1-14/h5-6,14H,1-4H2,(H,13,15). The molecular formula is C11H12ClNO5. The van der Waals surface area contributed by atoms with Gasteiger partial charge in [0.15, 0.2) is 11.5 Å². The van der Waals surface area contributed by atoms with Gasteiger partial charge in [-0.05, 0) is 0 Å². The predicted octanol–water partition coefficient (Wildman–Crippen LogP) is 1.65. The quantitative estimate of drug-likeness (QED) is 0.876. The van der Waals surface area contributed by atoms with Crippen LogP contribution in [0.3, 0.4) is 0 Å². The van der Waals surface area contributed by atoms with Crippen molar-refractivity contribution in [3.8, 4) is 11.5 Å². The van der Waals surface area contributed by atoms with Crippen LogP contribution in [-0.2, 0) is 4.74 Å². The van der Waals surface area contributed by atoms with Crippen molar-refractivity contribution in [2.45, 2.75) is 0 Å². The van der Waals surface area contributed by atoms with Crippen LogP contribution in [0.4, 0.5) is 10.5 Å². The summed E-state index contributed by atoms with van der Waals surface area (Å²) in [5.41, 5.74) is 0.365. The number of fused-ring (bicyclic) bond motifs is 1. The zero-order valence-corrected chi connectivity index (χ0v) is 10.2. The van der Waals surface area contributed by atoms with Crippen molar-refractivity contribution in [2.75, 3.05) is 31.7 Å². The maximum Gasteiger partial charge on any atom is 0.411 e. The second kappa shape index (κ2) is 5.79. The minimum Gasteiger partial charge on any atom is -0.486 e. The fraction of sp³-hybridized carbons (Fsp3) is 0.364. The predicted molar refractivity (Wildman–Crippen MR) is 64.5 cm³/mol. The fourth-order valence-electron chi connectivity index (χ4n) is 1.44. The topological polar surface area (TPSA) is 77.0 Å². The molecule has 98 valence electrons. The molecule has 1 aromatic rings. The van der Waals surface area contributed by atoms with E-state index >= 15 is 0 Å². The number of nitrogens with one attached hydrogen (secondary N) is 1. The molecule has 18 heavy (non-hydrogen) atoms. The van der Waals surface area contributed by atoms with Crippen molar-refractivity contribution in [2.24, 2.45) is 0 Å². The van der Waals surface area contributed by atoms with Crippen molar-refractivity contribution in [3.05, 3.63) is 17.2 Å². The first-order valence-electron chi connectivity index (χ1n) is 5.34. The Morgan fingerprint density at radius 1 is 1.39 bits per heavy atom. The molecule has 1 aliphatic heterocycles. The van der Waals surface area contributed by atoms with Gasteiger partial charge in [0.25, 0.3) is 0 Å². The van der Waals surface area contributed by atoms with Crippen LogP contribution in [-0.4, -0.2) is 37.6 Å². The van der Waals surface area contributed by atoms with Gasteiger partial charge >= 0.3 is 6.09 Å². The highest BCUT2D eigenvalue weighted by Crippen LogP contribution is 2.37. The summed E-state index contributed by atoms with van der Waals surface area (Å²) in [6.45, 7) is 0.605. The van der Waals surface area contributed by atoms with E-state index in [-0.39, 0.29) is 13.2 Å². The number of carbonyl (C=O) groups excluding carboxylic acids is 1. The molecule has 0 saturated carbocycles. The van der Waals surface area contributed by atoms with E-state index in [0.717, 1.165) is 0 Å².